The predicted molar refractivity (Wildman–Crippen MR) is 48.1 cm³/mol. The maximum atomic E-state index is 10.3. The number of nitrogens with zero attached hydrogens (tertiary/aromatic N) is 1. The Morgan fingerprint density at radius 2 is 1.83 bits per heavy atom. The van der Waals surface area contributed by atoms with Crippen molar-refractivity contribution < 1.29 is 9.90 Å². The molecule has 0 fully saturated rings. The van der Waals surface area contributed by atoms with Crippen molar-refractivity contribution in [3.05, 3.63) is 35.4 Å². The molecular formula is C8H8AlNO2. The summed E-state index contributed by atoms with van der Waals surface area (Å²) in [6.45, 7) is 0. The summed E-state index contributed by atoms with van der Waals surface area (Å²) in [7, 11) is 0. The standard InChI is InChI=1S/C8H5NO2.Al.3H/c9-5-6-1-3-7(4-2-6)8(10)11;;;;/h1-4H,(H,10,11);;;;. The molecule has 0 atom stereocenters. The third kappa shape index (κ3) is 2.39. The van der Waals surface area contributed by atoms with Crippen molar-refractivity contribution in [1.82, 2.24) is 0 Å². The first-order valence-electron chi connectivity index (χ1n) is 2.97. The zero-order valence-corrected chi connectivity index (χ0v) is 5.61. The van der Waals surface area contributed by atoms with Gasteiger partial charge in [-0.25, -0.2) is 4.79 Å². The van der Waals surface area contributed by atoms with Crippen LogP contribution in [0.15, 0.2) is 24.3 Å². The largest absolute Gasteiger partial charge is 0.478 e. The molecule has 0 unspecified atom stereocenters. The third-order valence-corrected chi connectivity index (χ3v) is 1.26. The molecule has 3 nitrogen and oxygen atoms in total. The Morgan fingerprint density at radius 3 is 2.17 bits per heavy atom. The Hall–Kier alpha value is -1.29. The highest BCUT2D eigenvalue weighted by atomic mass is 27.0. The van der Waals surface area contributed by atoms with Crippen LogP contribution in [0.2, 0.25) is 0 Å². The first kappa shape index (κ1) is 10.7. The molecule has 4 heteroatoms. The zero-order valence-electron chi connectivity index (χ0n) is 5.61. The fraction of sp³-hybridized carbons (Fsp3) is 0. The molecule has 0 spiro atoms. The van der Waals surface area contributed by atoms with Gasteiger partial charge in [-0.05, 0) is 24.3 Å². The summed E-state index contributed by atoms with van der Waals surface area (Å²) >= 11 is 0. The summed E-state index contributed by atoms with van der Waals surface area (Å²) in [4.78, 5) is 10.3. The van der Waals surface area contributed by atoms with Gasteiger partial charge in [0.15, 0.2) is 17.4 Å². The maximum absolute atomic E-state index is 10.3. The van der Waals surface area contributed by atoms with Crippen LogP contribution in [0.25, 0.3) is 0 Å². The lowest BCUT2D eigenvalue weighted by Gasteiger charge is -1.91. The number of rotatable bonds is 1. The average molecular weight is 177 g/mol. The molecule has 0 radical (unpaired) electrons. The van der Waals surface area contributed by atoms with Gasteiger partial charge in [0.25, 0.3) is 0 Å². The molecule has 0 aromatic heterocycles. The monoisotopic (exact) mass is 177 g/mol. The Morgan fingerprint density at radius 1 is 1.33 bits per heavy atom. The highest BCUT2D eigenvalue weighted by molar-refractivity contribution is 5.87. The summed E-state index contributed by atoms with van der Waals surface area (Å²) in [6.07, 6.45) is 0. The third-order valence-electron chi connectivity index (χ3n) is 1.26. The highest BCUT2D eigenvalue weighted by Gasteiger charge is 1.99. The molecule has 0 heterocycles. The van der Waals surface area contributed by atoms with Crippen LogP contribution in [0, 0.1) is 11.3 Å². The van der Waals surface area contributed by atoms with Crippen LogP contribution in [0.1, 0.15) is 15.9 Å². The molecular weight excluding hydrogens is 169 g/mol. The Bertz CT molecular complexity index is 313. The van der Waals surface area contributed by atoms with Gasteiger partial charge in [-0.1, -0.05) is 0 Å². The van der Waals surface area contributed by atoms with E-state index in [4.69, 9.17) is 10.4 Å². The molecule has 0 saturated heterocycles. The minimum Gasteiger partial charge on any atom is -0.478 e. The molecule has 1 aromatic carbocycles. The molecule has 0 amide bonds. The van der Waals surface area contributed by atoms with Gasteiger partial charge in [-0.3, -0.25) is 0 Å². The summed E-state index contributed by atoms with van der Waals surface area (Å²) in [6, 6.07) is 7.66. The number of carboxylic acid groups (broad SMARTS) is 1. The van der Waals surface area contributed by atoms with E-state index in [9.17, 15) is 4.79 Å². The zero-order chi connectivity index (χ0) is 8.27. The molecule has 0 saturated carbocycles. The second-order valence-electron chi connectivity index (χ2n) is 1.99. The van der Waals surface area contributed by atoms with Crippen molar-refractivity contribution in [2.75, 3.05) is 0 Å². The van der Waals surface area contributed by atoms with Crippen LogP contribution in [0.5, 0.6) is 0 Å². The van der Waals surface area contributed by atoms with Crippen LogP contribution in [0.4, 0.5) is 0 Å². The van der Waals surface area contributed by atoms with Crippen LogP contribution < -0.4 is 0 Å². The van der Waals surface area contributed by atoms with Gasteiger partial charge in [0.2, 0.25) is 0 Å². The van der Waals surface area contributed by atoms with Gasteiger partial charge in [-0.15, -0.1) is 0 Å². The van der Waals surface area contributed by atoms with Crippen LogP contribution in [-0.2, 0) is 0 Å². The molecule has 60 valence electrons. The van der Waals surface area contributed by atoms with E-state index >= 15 is 0 Å². The Labute approximate surface area is 80.4 Å². The lowest BCUT2D eigenvalue weighted by atomic mass is 10.1. The number of carbonyl (C=O) groups is 1. The van der Waals surface area contributed by atoms with Gasteiger partial charge >= 0.3 is 5.97 Å². The van der Waals surface area contributed by atoms with Crippen LogP contribution in [-0.4, -0.2) is 28.4 Å². The topological polar surface area (TPSA) is 61.1 Å². The van der Waals surface area contributed by atoms with Crippen LogP contribution >= 0.6 is 0 Å². The lowest BCUT2D eigenvalue weighted by Crippen LogP contribution is -1.94. The molecule has 0 bridgehead atoms. The predicted octanol–water partition coefficient (Wildman–Crippen LogP) is 0.0726. The number of benzene rings is 1. The fourth-order valence-corrected chi connectivity index (χ4v) is 0.687. The number of nitriles is 1. The molecule has 0 aliphatic carbocycles. The van der Waals surface area contributed by atoms with E-state index in [1.165, 1.54) is 24.3 Å². The molecule has 1 aromatic rings. The van der Waals surface area contributed by atoms with E-state index in [1.807, 2.05) is 6.07 Å². The highest BCUT2D eigenvalue weighted by Crippen LogP contribution is 2.02. The van der Waals surface area contributed by atoms with E-state index in [1.54, 1.807) is 0 Å². The first-order chi connectivity index (χ1) is 5.24. The molecule has 0 aliphatic rings. The van der Waals surface area contributed by atoms with E-state index in [0.29, 0.717) is 5.56 Å². The summed E-state index contributed by atoms with van der Waals surface area (Å²) in [5.74, 6) is -0.977. The fourth-order valence-electron chi connectivity index (χ4n) is 0.687. The van der Waals surface area contributed by atoms with E-state index in [2.05, 4.69) is 0 Å². The van der Waals surface area contributed by atoms with Gasteiger partial charge < -0.3 is 5.11 Å². The number of hydrogen-bond acceptors (Lipinski definition) is 2. The van der Waals surface area contributed by atoms with Crippen molar-refractivity contribution in [1.29, 1.82) is 5.26 Å². The van der Waals surface area contributed by atoms with E-state index in [-0.39, 0.29) is 22.9 Å². The summed E-state index contributed by atoms with van der Waals surface area (Å²) < 4.78 is 0. The molecule has 1 rings (SSSR count). The molecule has 12 heavy (non-hydrogen) atoms. The second kappa shape index (κ2) is 4.56. The summed E-state index contributed by atoms with van der Waals surface area (Å²) in [5, 5.41) is 16.8. The second-order valence-corrected chi connectivity index (χ2v) is 1.99. The van der Waals surface area contributed by atoms with Crippen LogP contribution in [0.3, 0.4) is 0 Å². The number of aromatic carboxylic acids is 1. The minimum atomic E-state index is -0.977. The van der Waals surface area contributed by atoms with Gasteiger partial charge in [-0.2, -0.15) is 5.26 Å². The lowest BCUT2D eigenvalue weighted by molar-refractivity contribution is 0.0697. The van der Waals surface area contributed by atoms with Crippen molar-refractivity contribution >= 4 is 23.3 Å². The average Bonchev–Trinajstić information content (AvgIpc) is 2.05. The first-order valence-corrected chi connectivity index (χ1v) is 2.97. The Kier molecular flexibility index (Phi) is 4.07. The van der Waals surface area contributed by atoms with Crippen molar-refractivity contribution in [2.45, 2.75) is 0 Å². The van der Waals surface area contributed by atoms with Crippen molar-refractivity contribution in [3.8, 4) is 6.07 Å². The van der Waals surface area contributed by atoms with Crippen molar-refractivity contribution in [2.24, 2.45) is 0 Å². The summed E-state index contributed by atoms with van der Waals surface area (Å²) in [5.41, 5.74) is 0.666. The SMILES string of the molecule is N#Cc1ccc(C(=O)O)cc1.[AlH3]. The van der Waals surface area contributed by atoms with E-state index < -0.39 is 5.97 Å². The van der Waals surface area contributed by atoms with E-state index in [0.717, 1.165) is 0 Å². The quantitative estimate of drug-likeness (QED) is 0.617. The van der Waals surface area contributed by atoms with Crippen molar-refractivity contribution in [3.63, 3.8) is 0 Å². The van der Waals surface area contributed by atoms with Gasteiger partial charge in [0.05, 0.1) is 17.2 Å². The molecule has 0 aliphatic heterocycles. The minimum absolute atomic E-state index is 0. The normalized spacial score (nSPS) is 7.92. The number of carboxylic acids is 1. The number of hydrogen-bond donors (Lipinski definition) is 1. The van der Waals surface area contributed by atoms with Gasteiger partial charge in [0, 0.05) is 0 Å². The molecule has 1 N–H and O–H groups in total. The van der Waals surface area contributed by atoms with Gasteiger partial charge in [0.1, 0.15) is 0 Å². The smallest absolute Gasteiger partial charge is 0.335 e. The Balaban J connectivity index is 0.00000121. The maximum Gasteiger partial charge on any atom is 0.335 e.